The molecule has 16 heavy (non-hydrogen) atoms. The molecule has 0 unspecified atom stereocenters. The Labute approximate surface area is 95.2 Å². The zero-order valence-electron chi connectivity index (χ0n) is 9.40. The Morgan fingerprint density at radius 3 is 2.69 bits per heavy atom. The van der Waals surface area contributed by atoms with Gasteiger partial charge in [0.2, 0.25) is 0 Å². The highest BCUT2D eigenvalue weighted by Crippen LogP contribution is 2.20. The maximum atomic E-state index is 11.4. The standard InChI is InChI=1S/C12H16N2O2/c1-13-8-6-10-2-4-11(5-3-10)14-12(15)7-9-16-14/h2-5,13H,6-9H2,1H3. The molecular formula is C12H16N2O2. The number of amides is 1. The van der Waals surface area contributed by atoms with Crippen LogP contribution in [-0.2, 0) is 16.1 Å². The lowest BCUT2D eigenvalue weighted by atomic mass is 10.1. The quantitative estimate of drug-likeness (QED) is 0.826. The van der Waals surface area contributed by atoms with Crippen molar-refractivity contribution in [2.45, 2.75) is 12.8 Å². The predicted molar refractivity (Wildman–Crippen MR) is 62.1 cm³/mol. The topological polar surface area (TPSA) is 41.6 Å². The Bertz CT molecular complexity index is 362. The fourth-order valence-corrected chi connectivity index (χ4v) is 1.68. The zero-order chi connectivity index (χ0) is 11.4. The summed E-state index contributed by atoms with van der Waals surface area (Å²) in [4.78, 5) is 16.7. The van der Waals surface area contributed by atoms with Crippen LogP contribution in [0.25, 0.3) is 0 Å². The first-order valence-corrected chi connectivity index (χ1v) is 5.50. The summed E-state index contributed by atoms with van der Waals surface area (Å²) in [5.41, 5.74) is 2.07. The number of hydrogen-bond acceptors (Lipinski definition) is 3. The van der Waals surface area contributed by atoms with E-state index >= 15 is 0 Å². The molecule has 1 aromatic carbocycles. The van der Waals surface area contributed by atoms with Crippen LogP contribution in [0.2, 0.25) is 0 Å². The first-order valence-electron chi connectivity index (χ1n) is 5.50. The molecule has 1 amide bonds. The van der Waals surface area contributed by atoms with Gasteiger partial charge < -0.3 is 5.32 Å². The van der Waals surface area contributed by atoms with E-state index in [0.29, 0.717) is 13.0 Å². The van der Waals surface area contributed by atoms with Crippen LogP contribution in [0.1, 0.15) is 12.0 Å². The fourth-order valence-electron chi connectivity index (χ4n) is 1.68. The summed E-state index contributed by atoms with van der Waals surface area (Å²) < 4.78 is 0. The van der Waals surface area contributed by atoms with E-state index in [4.69, 9.17) is 4.84 Å². The number of nitrogens with zero attached hydrogens (tertiary/aromatic N) is 1. The molecule has 1 saturated heterocycles. The third-order valence-electron chi connectivity index (χ3n) is 2.60. The Hall–Kier alpha value is -1.39. The Kier molecular flexibility index (Phi) is 3.54. The van der Waals surface area contributed by atoms with Gasteiger partial charge in [-0.15, -0.1) is 0 Å². The van der Waals surface area contributed by atoms with Crippen molar-refractivity contribution in [2.24, 2.45) is 0 Å². The van der Waals surface area contributed by atoms with Crippen molar-refractivity contribution in [1.82, 2.24) is 5.32 Å². The second kappa shape index (κ2) is 5.09. The van der Waals surface area contributed by atoms with E-state index in [-0.39, 0.29) is 5.91 Å². The van der Waals surface area contributed by atoms with Gasteiger partial charge in [0.25, 0.3) is 5.91 Å². The van der Waals surface area contributed by atoms with Crippen molar-refractivity contribution in [2.75, 3.05) is 25.3 Å². The molecule has 86 valence electrons. The number of nitrogens with one attached hydrogen (secondary N) is 1. The molecule has 1 aliphatic rings. The van der Waals surface area contributed by atoms with Crippen molar-refractivity contribution < 1.29 is 9.63 Å². The maximum absolute atomic E-state index is 11.4. The molecule has 1 aromatic rings. The number of rotatable bonds is 4. The van der Waals surface area contributed by atoms with Crippen LogP contribution >= 0.6 is 0 Å². The summed E-state index contributed by atoms with van der Waals surface area (Å²) in [6, 6.07) is 7.91. The highest BCUT2D eigenvalue weighted by atomic mass is 16.7. The lowest BCUT2D eigenvalue weighted by Crippen LogP contribution is -2.22. The molecule has 0 bridgehead atoms. The SMILES string of the molecule is CNCCc1ccc(N2OCCC2=O)cc1. The van der Waals surface area contributed by atoms with Gasteiger partial charge in [-0.3, -0.25) is 9.63 Å². The highest BCUT2D eigenvalue weighted by molar-refractivity contribution is 5.92. The van der Waals surface area contributed by atoms with Crippen LogP contribution in [0.5, 0.6) is 0 Å². The largest absolute Gasteiger partial charge is 0.319 e. The number of carbonyl (C=O) groups excluding carboxylic acids is 1. The molecule has 0 radical (unpaired) electrons. The smallest absolute Gasteiger partial charge is 0.253 e. The first kappa shape index (κ1) is 11.1. The second-order valence-electron chi connectivity index (χ2n) is 3.79. The molecule has 4 heteroatoms. The molecule has 4 nitrogen and oxygen atoms in total. The van der Waals surface area contributed by atoms with Crippen LogP contribution in [0.15, 0.2) is 24.3 Å². The molecular weight excluding hydrogens is 204 g/mol. The summed E-state index contributed by atoms with van der Waals surface area (Å²) in [6.07, 6.45) is 1.47. The van der Waals surface area contributed by atoms with Gasteiger partial charge in [0.15, 0.2) is 0 Å². The summed E-state index contributed by atoms with van der Waals surface area (Å²) in [6.45, 7) is 1.44. The number of hydrogen-bond donors (Lipinski definition) is 1. The molecule has 0 aliphatic carbocycles. The van der Waals surface area contributed by atoms with Crippen LogP contribution in [0, 0.1) is 0 Å². The van der Waals surface area contributed by atoms with Gasteiger partial charge in [0.05, 0.1) is 18.7 Å². The molecule has 0 saturated carbocycles. The molecule has 1 fully saturated rings. The monoisotopic (exact) mass is 220 g/mol. The molecule has 2 rings (SSSR count). The molecule has 0 atom stereocenters. The first-order chi connectivity index (χ1) is 7.81. The van der Waals surface area contributed by atoms with Gasteiger partial charge >= 0.3 is 0 Å². The number of benzene rings is 1. The summed E-state index contributed by atoms with van der Waals surface area (Å²) >= 11 is 0. The predicted octanol–water partition coefficient (Wildman–Crippen LogP) is 1.12. The summed E-state index contributed by atoms with van der Waals surface area (Å²) in [5, 5.41) is 4.48. The Balaban J connectivity index is 2.04. The minimum absolute atomic E-state index is 0.0305. The summed E-state index contributed by atoms with van der Waals surface area (Å²) in [5.74, 6) is 0.0305. The number of carbonyl (C=O) groups is 1. The lowest BCUT2D eigenvalue weighted by molar-refractivity contribution is -0.119. The zero-order valence-corrected chi connectivity index (χ0v) is 9.40. The number of likely N-dealkylation sites (N-methyl/N-ethyl adjacent to an activating group) is 1. The van der Waals surface area contributed by atoms with Gasteiger partial charge in [-0.2, -0.15) is 5.06 Å². The van der Waals surface area contributed by atoms with Crippen molar-refractivity contribution in [3.05, 3.63) is 29.8 Å². The van der Waals surface area contributed by atoms with Gasteiger partial charge in [-0.25, -0.2) is 0 Å². The minimum Gasteiger partial charge on any atom is -0.319 e. The van der Waals surface area contributed by atoms with E-state index < -0.39 is 0 Å². The van der Waals surface area contributed by atoms with Crippen molar-refractivity contribution >= 4 is 11.6 Å². The van der Waals surface area contributed by atoms with E-state index in [9.17, 15) is 4.79 Å². The molecule has 1 heterocycles. The molecule has 0 spiro atoms. The second-order valence-corrected chi connectivity index (χ2v) is 3.79. The van der Waals surface area contributed by atoms with Gasteiger partial charge in [0.1, 0.15) is 0 Å². The number of anilines is 1. The van der Waals surface area contributed by atoms with E-state index in [1.54, 1.807) is 0 Å². The van der Waals surface area contributed by atoms with Crippen LogP contribution < -0.4 is 10.4 Å². The third kappa shape index (κ3) is 2.40. The van der Waals surface area contributed by atoms with Crippen molar-refractivity contribution in [3.8, 4) is 0 Å². The normalized spacial score (nSPS) is 15.8. The van der Waals surface area contributed by atoms with Crippen LogP contribution in [-0.4, -0.2) is 26.1 Å². The maximum Gasteiger partial charge on any atom is 0.253 e. The van der Waals surface area contributed by atoms with Gasteiger partial charge in [-0.1, -0.05) is 12.1 Å². The van der Waals surface area contributed by atoms with Gasteiger partial charge in [-0.05, 0) is 37.7 Å². The van der Waals surface area contributed by atoms with Gasteiger partial charge in [0, 0.05) is 0 Å². The average molecular weight is 220 g/mol. The molecule has 1 N–H and O–H groups in total. The fraction of sp³-hybridized carbons (Fsp3) is 0.417. The van der Waals surface area contributed by atoms with Crippen molar-refractivity contribution in [1.29, 1.82) is 0 Å². The summed E-state index contributed by atoms with van der Waals surface area (Å²) in [7, 11) is 1.94. The Morgan fingerprint density at radius 1 is 1.38 bits per heavy atom. The molecule has 0 aromatic heterocycles. The van der Waals surface area contributed by atoms with E-state index in [0.717, 1.165) is 18.7 Å². The van der Waals surface area contributed by atoms with Crippen LogP contribution in [0.3, 0.4) is 0 Å². The van der Waals surface area contributed by atoms with Crippen LogP contribution in [0.4, 0.5) is 5.69 Å². The molecule has 1 aliphatic heterocycles. The lowest BCUT2D eigenvalue weighted by Gasteiger charge is -2.14. The van der Waals surface area contributed by atoms with E-state index in [1.807, 2.05) is 31.3 Å². The van der Waals surface area contributed by atoms with E-state index in [2.05, 4.69) is 5.32 Å². The Morgan fingerprint density at radius 2 is 2.12 bits per heavy atom. The van der Waals surface area contributed by atoms with Crippen molar-refractivity contribution in [3.63, 3.8) is 0 Å². The highest BCUT2D eigenvalue weighted by Gasteiger charge is 2.22. The minimum atomic E-state index is 0.0305. The average Bonchev–Trinajstić information content (AvgIpc) is 2.74. The van der Waals surface area contributed by atoms with E-state index in [1.165, 1.54) is 10.6 Å². The number of hydroxylamine groups is 1. The third-order valence-corrected chi connectivity index (χ3v) is 2.60.